The Bertz CT molecular complexity index is 1900. The third-order valence-corrected chi connectivity index (χ3v) is 15.9. The Kier molecular flexibility index (Phi) is 28.1. The van der Waals surface area contributed by atoms with Gasteiger partial charge in [-0.15, -0.1) is 0 Å². The predicted octanol–water partition coefficient (Wildman–Crippen LogP) is -9.34. The number of aliphatic hydroxyl groups excluding tert-OH is 18. The minimum Gasteiger partial charge on any atom is -0.670 e. The molecule has 0 aromatic rings. The van der Waals surface area contributed by atoms with Crippen molar-refractivity contribution in [3.05, 3.63) is 11.5 Å². The molecule has 1 saturated carbocycles. The summed E-state index contributed by atoms with van der Waals surface area (Å²) in [6.07, 6.45) is -54.8. The van der Waals surface area contributed by atoms with Crippen LogP contribution >= 0.6 is 0 Å². The maximum Gasteiger partial charge on any atom is 0.187 e. The van der Waals surface area contributed by atoms with Crippen molar-refractivity contribution in [2.45, 2.75) is 249 Å². The maximum absolute atomic E-state index is 12.1. The van der Waals surface area contributed by atoms with Crippen LogP contribution < -0.4 is 0 Å². The SMILES string of the molecule is CC1OC(OC2C([NH-])[C@H](OCC3O[C@@H](C(C)(C)C)C(O)C(O[C@@H]4OC(CO)[C@H](O[C@@H]5OC(C)[C@H](O)C(O)C5O)C(O[C@@H]5OC(CO)[C@H](O)C(O)C5O)C4[NH-])[C@H]3O)CC(CO)[C@@H]2O[C@@H]2OC(CO)[C@H](O)C(O)C2O)C(O)C(O)[C@@H]1O.[Ac].[Ac]. The second kappa shape index (κ2) is 31.1. The van der Waals surface area contributed by atoms with Gasteiger partial charge in [-0.2, -0.15) is 0 Å². The molecule has 6 saturated heterocycles. The molecule has 7 fully saturated rings. The Balaban J connectivity index is 0.00000602. The Morgan fingerprint density at radius 2 is 0.765 bits per heavy atom. The smallest absolute Gasteiger partial charge is 0.187 e. The summed E-state index contributed by atoms with van der Waals surface area (Å²) < 4.78 is 71.5. The Labute approximate surface area is 537 Å². The second-order valence-corrected chi connectivity index (χ2v) is 22.5. The van der Waals surface area contributed by atoms with E-state index in [-0.39, 0.29) is 94.5 Å². The Hall–Kier alpha value is 1.60. The van der Waals surface area contributed by atoms with Crippen molar-refractivity contribution >= 4 is 0 Å². The standard InChI is InChI=1S/C47H82N2O30.2Ac/c1-12-22(54)27(59)31(63)43(69-12)76-37-18(10-53)74-42(21(49)39(37)78-46-34(66)30(62)25(57)17(9-52)73-46)79-40-26(58)19(71-41(35(40)67)47(3,4)5)11-68-15-6-14(7-50)36(75-45-33(65)29(61)24(56)16(8-51)72-45)38(20(15)48)77-44-32(64)28(60)23(55)13(2)70-44;;/h12-46,48-67H,6-11H2,1-5H3;;/q-2;;/t12?,13?,14?,15-,16?,17?,18?,19?,20?,21?,22+,23-,24+,25+,26+,27?,28?,29?,30?,31?,32?,33?,34?,35?,36+,37+,38?,39?,40?,41-,42+,43+,44?,45+,46+;;/m1../s1. The van der Waals surface area contributed by atoms with Gasteiger partial charge in [0.2, 0.25) is 0 Å². The zero-order valence-corrected chi connectivity index (χ0v) is 54.5. The molecule has 32 nitrogen and oxygen atoms in total. The fraction of sp³-hybridized carbons (Fsp3) is 1.00. The maximum atomic E-state index is 12.1. The van der Waals surface area contributed by atoms with Crippen LogP contribution in [-0.2, 0) is 56.8 Å². The first-order valence-corrected chi connectivity index (χ1v) is 26.3. The first-order chi connectivity index (χ1) is 37.1. The molecule has 0 spiro atoms. The van der Waals surface area contributed by atoms with Crippen molar-refractivity contribution in [2.75, 3.05) is 33.0 Å². The number of ether oxygens (including phenoxy) is 12. The number of aliphatic hydroxyl groups is 18. The largest absolute Gasteiger partial charge is 0.670 e. The van der Waals surface area contributed by atoms with Gasteiger partial charge >= 0.3 is 0 Å². The van der Waals surface area contributed by atoms with Crippen LogP contribution in [0, 0.1) is 99.5 Å². The zero-order chi connectivity index (χ0) is 58.4. The normalized spacial score (nSPS) is 51.9. The summed E-state index contributed by atoms with van der Waals surface area (Å²) >= 11 is 0. The summed E-state index contributed by atoms with van der Waals surface area (Å²) in [5, 5.41) is 193. The van der Waals surface area contributed by atoms with Crippen molar-refractivity contribution in [3.63, 3.8) is 0 Å². The van der Waals surface area contributed by atoms with Gasteiger partial charge in [-0.3, -0.25) is 0 Å². The van der Waals surface area contributed by atoms with Gasteiger partial charge in [0.15, 0.2) is 25.2 Å². The van der Waals surface area contributed by atoms with Crippen LogP contribution in [0.25, 0.3) is 11.5 Å². The molecule has 6 heterocycles. The topological polar surface area (TPSA) is 523 Å². The molecule has 0 bridgehead atoms. The molecule has 7 rings (SSSR count). The van der Waals surface area contributed by atoms with Crippen LogP contribution in [0.4, 0.5) is 0 Å². The molecule has 7 aliphatic rings. The van der Waals surface area contributed by atoms with Gasteiger partial charge in [-0.25, -0.2) is 0 Å². The quantitative estimate of drug-likeness (QED) is 0.0643. The molecule has 2 radical (unpaired) electrons. The first kappa shape index (κ1) is 73.3. The minimum atomic E-state index is -2.05. The molecular formula is C47H82Ac2N2O30-2. The fourth-order valence-electron chi connectivity index (χ4n) is 11.0. The average Bonchev–Trinajstić information content (AvgIpc) is 3.49. The molecule has 0 aromatic heterocycles. The van der Waals surface area contributed by atoms with E-state index in [9.17, 15) is 103 Å². The van der Waals surface area contributed by atoms with Gasteiger partial charge in [0.25, 0.3) is 0 Å². The van der Waals surface area contributed by atoms with E-state index in [4.69, 9.17) is 56.8 Å². The molecule has 34 heteroatoms. The van der Waals surface area contributed by atoms with Gasteiger partial charge < -0.3 is 160 Å². The molecule has 468 valence electrons. The molecule has 0 amide bonds. The number of hydrogen-bond acceptors (Lipinski definition) is 30. The van der Waals surface area contributed by atoms with E-state index in [1.807, 2.05) is 0 Å². The number of rotatable bonds is 17. The Morgan fingerprint density at radius 3 is 1.20 bits per heavy atom. The molecule has 35 atom stereocenters. The van der Waals surface area contributed by atoms with Gasteiger partial charge in [0.05, 0.1) is 63.1 Å². The summed E-state index contributed by atoms with van der Waals surface area (Å²) in [6.45, 7) is 3.68. The fourth-order valence-corrected chi connectivity index (χ4v) is 11.0. The van der Waals surface area contributed by atoms with E-state index in [1.54, 1.807) is 20.8 Å². The molecule has 0 aromatic carbocycles. The summed E-state index contributed by atoms with van der Waals surface area (Å²) in [7, 11) is 0. The summed E-state index contributed by atoms with van der Waals surface area (Å²) in [6, 6.07) is -3.57. The molecule has 6 aliphatic heterocycles. The van der Waals surface area contributed by atoms with E-state index in [1.165, 1.54) is 13.8 Å². The van der Waals surface area contributed by atoms with Crippen molar-refractivity contribution in [1.29, 1.82) is 0 Å². The molecule has 22 unspecified atom stereocenters. The van der Waals surface area contributed by atoms with Crippen molar-refractivity contribution in [2.24, 2.45) is 11.3 Å². The van der Waals surface area contributed by atoms with Gasteiger partial charge in [-0.1, -0.05) is 32.9 Å². The summed E-state index contributed by atoms with van der Waals surface area (Å²) in [5.41, 5.74) is 18.0. The van der Waals surface area contributed by atoms with Crippen molar-refractivity contribution in [3.8, 4) is 0 Å². The van der Waals surface area contributed by atoms with Crippen LogP contribution in [0.1, 0.15) is 41.0 Å². The van der Waals surface area contributed by atoms with Gasteiger partial charge in [-0.05, 0) is 25.7 Å². The van der Waals surface area contributed by atoms with Crippen LogP contribution in [-0.4, -0.2) is 333 Å². The first-order valence-electron chi connectivity index (χ1n) is 26.3. The monoisotopic (exact) mass is 1610 g/mol. The second-order valence-electron chi connectivity index (χ2n) is 22.5. The van der Waals surface area contributed by atoms with Crippen LogP contribution in [0.15, 0.2) is 0 Å². The van der Waals surface area contributed by atoms with Crippen molar-refractivity contribution in [1.82, 2.24) is 0 Å². The zero-order valence-electron chi connectivity index (χ0n) is 45.1. The van der Waals surface area contributed by atoms with E-state index in [0.29, 0.717) is 0 Å². The summed E-state index contributed by atoms with van der Waals surface area (Å²) in [5.74, 6) is -1.12. The Morgan fingerprint density at radius 1 is 0.383 bits per heavy atom. The molecular weight excluding hydrogens is 1530 g/mol. The number of nitrogens with one attached hydrogen (secondary N) is 2. The predicted molar refractivity (Wildman–Crippen MR) is 254 cm³/mol. The average molecular weight is 1610 g/mol. The van der Waals surface area contributed by atoms with Crippen molar-refractivity contribution < 1.29 is 237 Å². The molecule has 20 N–H and O–H groups in total. The van der Waals surface area contributed by atoms with E-state index < -0.39 is 253 Å². The molecule has 81 heavy (non-hydrogen) atoms. The van der Waals surface area contributed by atoms with Crippen LogP contribution in [0.3, 0.4) is 0 Å². The van der Waals surface area contributed by atoms with E-state index >= 15 is 0 Å². The third kappa shape index (κ3) is 15.9. The van der Waals surface area contributed by atoms with E-state index in [2.05, 4.69) is 0 Å². The summed E-state index contributed by atoms with van der Waals surface area (Å²) in [4.78, 5) is 0. The van der Waals surface area contributed by atoms with Crippen LogP contribution in [0.5, 0.6) is 0 Å². The van der Waals surface area contributed by atoms with Crippen LogP contribution in [0.2, 0.25) is 0 Å². The van der Waals surface area contributed by atoms with Gasteiger partial charge in [0, 0.05) is 107 Å². The minimum absolute atomic E-state index is 0. The third-order valence-electron chi connectivity index (χ3n) is 15.9. The van der Waals surface area contributed by atoms with Gasteiger partial charge in [0.1, 0.15) is 128 Å². The molecule has 1 aliphatic carbocycles. The number of hydrogen-bond donors (Lipinski definition) is 18. The van der Waals surface area contributed by atoms with E-state index in [0.717, 1.165) is 0 Å².